The van der Waals surface area contributed by atoms with Crippen LogP contribution >= 0.6 is 18.7 Å². The lowest BCUT2D eigenvalue weighted by atomic mass is 9.85. The van der Waals surface area contributed by atoms with Gasteiger partial charge in [-0.05, 0) is 75.6 Å². The van der Waals surface area contributed by atoms with E-state index in [4.69, 9.17) is 24.2 Å². The number of hydrogen-bond acceptors (Lipinski definition) is 12. The third-order valence-corrected chi connectivity index (χ3v) is 15.0. The summed E-state index contributed by atoms with van der Waals surface area (Å²) in [4.78, 5) is 69.9. The summed E-state index contributed by atoms with van der Waals surface area (Å²) in [5.41, 5.74) is 1.40. The Hall–Kier alpha value is -5.05. The average molecular weight is 874 g/mol. The Morgan fingerprint density at radius 1 is 1.10 bits per heavy atom. The Labute approximate surface area is 360 Å². The van der Waals surface area contributed by atoms with Crippen molar-refractivity contribution in [2.75, 3.05) is 19.0 Å². The fourth-order valence-electron chi connectivity index (χ4n) is 8.25. The molecule has 1 saturated heterocycles. The molecule has 0 bridgehead atoms. The van der Waals surface area contributed by atoms with Crippen LogP contribution in [0.15, 0.2) is 66.7 Å². The number of methoxy groups -OCH3 is 1. The lowest BCUT2D eigenvalue weighted by molar-refractivity contribution is -0.142. The standard InChI is InChI=1S/C44H56N7O8PS/c1-8-27-22-44(27,60(55,56)24-28-13-11-12-18-45-28)50-39(52)36-20-31(23-51(36)40(53)38(43(4,5)6)49-42(54)59-29-14-9-10-15-29)58-37-21-34(35-25-61-41(48-35)46-26(2)3)47-33-19-30(57-7)16-17-32(33)37/h8,11-13,16-19,21,25-27,29,31,36,38H,1,9-10,14-15,20,22-24H2,2-7H3,(H,46,48)(H,49,54)(H,50,52)(H,55,56)/t27-,31-,36+,38?,44+/m1/s1. The second-order valence-corrected chi connectivity index (χ2v) is 21.0. The highest BCUT2D eigenvalue weighted by atomic mass is 32.1. The molecule has 2 unspecified atom stereocenters. The molecule has 3 aromatic heterocycles. The van der Waals surface area contributed by atoms with Crippen molar-refractivity contribution < 1.29 is 38.1 Å². The highest BCUT2D eigenvalue weighted by molar-refractivity contribution is 7.59. The number of ether oxygens (including phenoxy) is 3. The van der Waals surface area contributed by atoms with Crippen molar-refractivity contribution in [2.45, 2.75) is 115 Å². The van der Waals surface area contributed by atoms with Gasteiger partial charge in [0.1, 0.15) is 46.8 Å². The summed E-state index contributed by atoms with van der Waals surface area (Å²) >= 11 is 1.46. The molecule has 4 aromatic rings. The zero-order valence-electron chi connectivity index (χ0n) is 35.6. The first kappa shape index (κ1) is 44.0. The minimum Gasteiger partial charge on any atom is -0.497 e. The number of nitrogens with zero attached hydrogens (tertiary/aromatic N) is 4. The van der Waals surface area contributed by atoms with Crippen molar-refractivity contribution >= 4 is 52.6 Å². The lowest BCUT2D eigenvalue weighted by Gasteiger charge is -2.36. The zero-order valence-corrected chi connectivity index (χ0v) is 37.3. The normalized spacial score (nSPS) is 23.0. The maximum Gasteiger partial charge on any atom is 0.408 e. The van der Waals surface area contributed by atoms with Gasteiger partial charge in [-0.2, -0.15) is 0 Å². The summed E-state index contributed by atoms with van der Waals surface area (Å²) in [6.45, 7) is 13.4. The monoisotopic (exact) mass is 873 g/mol. The molecule has 2 saturated carbocycles. The summed E-state index contributed by atoms with van der Waals surface area (Å²) in [6, 6.07) is 10.3. The minimum absolute atomic E-state index is 0.0279. The van der Waals surface area contributed by atoms with Gasteiger partial charge in [0.05, 0.1) is 36.7 Å². The number of carbonyl (C=O) groups excluding carboxylic acids is 3. The Balaban J connectivity index is 1.22. The summed E-state index contributed by atoms with van der Waals surface area (Å²) in [7, 11) is -2.57. The minimum atomic E-state index is -4.14. The second-order valence-electron chi connectivity index (χ2n) is 17.6. The highest BCUT2D eigenvalue weighted by Crippen LogP contribution is 2.70. The molecule has 15 nitrogen and oxygen atoms in total. The number of amides is 3. The maximum atomic E-state index is 14.9. The fraction of sp³-hybridized carbons (Fsp3) is 0.500. The largest absolute Gasteiger partial charge is 0.497 e. The predicted molar refractivity (Wildman–Crippen MR) is 235 cm³/mol. The third-order valence-electron chi connectivity index (χ3n) is 11.6. The number of thiazole rings is 1. The van der Waals surface area contributed by atoms with Crippen LogP contribution in [-0.4, -0.2) is 91.9 Å². The van der Waals surface area contributed by atoms with Crippen molar-refractivity contribution in [3.63, 3.8) is 0 Å². The SMILES string of the molecule is C=C[C@@H]1C[C@]1(NC(=O)[C@@H]1C[C@@H](Oc2cc(-c3csc(NC(C)C)n3)nc3cc(OC)ccc23)CN1C(=O)C(NC(=O)OC1CCCC1)C(C)(C)C)P(=O)(O)Cc1ccccn1. The van der Waals surface area contributed by atoms with E-state index >= 15 is 0 Å². The Morgan fingerprint density at radius 3 is 2.52 bits per heavy atom. The molecule has 2 aliphatic carbocycles. The first-order valence-electron chi connectivity index (χ1n) is 20.8. The van der Waals surface area contributed by atoms with Gasteiger partial charge >= 0.3 is 6.09 Å². The van der Waals surface area contributed by atoms with Crippen molar-refractivity contribution in [3.05, 3.63) is 72.4 Å². The summed E-state index contributed by atoms with van der Waals surface area (Å²) < 4.78 is 32.3. The molecule has 4 N–H and O–H groups in total. The molecule has 61 heavy (non-hydrogen) atoms. The number of alkyl carbamates (subject to hydrolysis) is 1. The zero-order chi connectivity index (χ0) is 43.7. The number of carbonyl (C=O) groups is 3. The molecule has 4 heterocycles. The summed E-state index contributed by atoms with van der Waals surface area (Å²) in [5, 5.41) is 10.9. The van der Waals surface area contributed by atoms with Gasteiger partial charge in [-0.1, -0.05) is 32.9 Å². The molecule has 3 amide bonds. The second kappa shape index (κ2) is 17.7. The van der Waals surface area contributed by atoms with Crippen LogP contribution in [0.2, 0.25) is 0 Å². The molecule has 1 aliphatic heterocycles. The van der Waals surface area contributed by atoms with Crippen molar-refractivity contribution in [1.82, 2.24) is 30.5 Å². The van der Waals surface area contributed by atoms with Crippen LogP contribution in [0.3, 0.4) is 0 Å². The first-order valence-corrected chi connectivity index (χ1v) is 23.5. The van der Waals surface area contributed by atoms with Gasteiger partial charge in [0.2, 0.25) is 19.2 Å². The van der Waals surface area contributed by atoms with Gasteiger partial charge in [-0.25, -0.2) is 14.8 Å². The van der Waals surface area contributed by atoms with Crippen LogP contribution in [0.1, 0.15) is 78.8 Å². The van der Waals surface area contributed by atoms with E-state index in [-0.39, 0.29) is 37.7 Å². The number of likely N-dealkylation sites (tertiary alicyclic amines) is 1. The van der Waals surface area contributed by atoms with Gasteiger partial charge in [-0.15, -0.1) is 17.9 Å². The van der Waals surface area contributed by atoms with Crippen LogP contribution in [-0.2, 0) is 25.1 Å². The smallest absolute Gasteiger partial charge is 0.408 e. The van der Waals surface area contributed by atoms with Gasteiger partial charge in [0.25, 0.3) is 0 Å². The van der Waals surface area contributed by atoms with Crippen LogP contribution in [0.25, 0.3) is 22.3 Å². The van der Waals surface area contributed by atoms with Crippen LogP contribution in [0.5, 0.6) is 11.5 Å². The van der Waals surface area contributed by atoms with E-state index in [1.807, 2.05) is 46.1 Å². The van der Waals surface area contributed by atoms with E-state index in [2.05, 4.69) is 27.5 Å². The molecule has 0 radical (unpaired) electrons. The van der Waals surface area contributed by atoms with E-state index in [1.165, 1.54) is 16.2 Å². The average Bonchev–Trinajstić information content (AvgIpc) is 3.61. The molecule has 1 aromatic carbocycles. The van der Waals surface area contributed by atoms with Crippen LogP contribution in [0, 0.1) is 11.3 Å². The molecule has 6 atom stereocenters. The maximum absolute atomic E-state index is 14.9. The molecule has 3 fully saturated rings. The van der Waals surface area contributed by atoms with Gasteiger partial charge < -0.3 is 40.0 Å². The van der Waals surface area contributed by atoms with Crippen molar-refractivity contribution in [2.24, 2.45) is 11.3 Å². The topological polar surface area (TPSA) is 194 Å². The van der Waals surface area contributed by atoms with Gasteiger partial charge in [0.15, 0.2) is 5.13 Å². The number of pyridine rings is 2. The van der Waals surface area contributed by atoms with E-state index in [9.17, 15) is 23.8 Å². The quantitative estimate of drug-likeness (QED) is 0.0680. The van der Waals surface area contributed by atoms with E-state index < -0.39 is 60.1 Å². The van der Waals surface area contributed by atoms with E-state index in [1.54, 1.807) is 55.8 Å². The van der Waals surface area contributed by atoms with E-state index in [0.717, 1.165) is 30.8 Å². The Bertz CT molecular complexity index is 2310. The van der Waals surface area contributed by atoms with Crippen molar-refractivity contribution in [3.8, 4) is 22.9 Å². The van der Waals surface area contributed by atoms with E-state index in [0.29, 0.717) is 39.5 Å². The number of anilines is 1. The van der Waals surface area contributed by atoms with Crippen LogP contribution in [0.4, 0.5) is 9.93 Å². The molecular formula is C44H56N7O8PS. The molecule has 17 heteroatoms. The number of benzene rings is 1. The number of rotatable bonds is 15. The summed E-state index contributed by atoms with van der Waals surface area (Å²) in [6.07, 6.45) is 4.90. The Morgan fingerprint density at radius 2 is 1.87 bits per heavy atom. The summed E-state index contributed by atoms with van der Waals surface area (Å²) in [5.74, 6) is -0.549. The Kier molecular flexibility index (Phi) is 12.8. The number of hydrogen-bond donors (Lipinski definition) is 4. The molecule has 326 valence electrons. The first-order chi connectivity index (χ1) is 29.0. The van der Waals surface area contributed by atoms with Gasteiger partial charge in [0, 0.05) is 47.5 Å². The predicted octanol–water partition coefficient (Wildman–Crippen LogP) is 7.50. The van der Waals surface area contributed by atoms with Crippen molar-refractivity contribution in [1.29, 1.82) is 0 Å². The molecule has 7 rings (SSSR count). The molecule has 3 aliphatic rings. The number of fused-ring (bicyclic) bond motifs is 1. The number of nitrogens with one attached hydrogen (secondary N) is 3. The fourth-order valence-corrected chi connectivity index (χ4v) is 11.4. The van der Waals surface area contributed by atoms with Gasteiger partial charge in [-0.3, -0.25) is 19.1 Å². The molecular weight excluding hydrogens is 818 g/mol. The number of aromatic nitrogens is 3. The molecule has 0 spiro atoms. The van der Waals surface area contributed by atoms with Crippen LogP contribution < -0.4 is 25.4 Å². The third kappa shape index (κ3) is 9.71. The lowest BCUT2D eigenvalue weighted by Crippen LogP contribution is -2.58. The highest BCUT2D eigenvalue weighted by Gasteiger charge is 2.66.